The number of hydrogen-bond donors (Lipinski definition) is 1. The summed E-state index contributed by atoms with van der Waals surface area (Å²) in [5.41, 5.74) is 2.52. The van der Waals surface area contributed by atoms with Crippen LogP contribution in [-0.2, 0) is 24.1 Å². The van der Waals surface area contributed by atoms with Crippen LogP contribution in [0.4, 0.5) is 0 Å². The second-order valence-electron chi connectivity index (χ2n) is 7.30. The molecule has 0 fully saturated rings. The predicted molar refractivity (Wildman–Crippen MR) is 99.6 cm³/mol. The van der Waals surface area contributed by atoms with Gasteiger partial charge in [-0.3, -0.25) is 14.6 Å². The Hall–Kier alpha value is -3.00. The van der Waals surface area contributed by atoms with Gasteiger partial charge in [-0.1, -0.05) is 24.3 Å². The van der Waals surface area contributed by atoms with E-state index in [4.69, 9.17) is 5.26 Å². The molecule has 0 aliphatic heterocycles. The highest BCUT2D eigenvalue weighted by atomic mass is 16.2. The summed E-state index contributed by atoms with van der Waals surface area (Å²) in [6.07, 6.45) is 2.41. The zero-order valence-electron chi connectivity index (χ0n) is 15.4. The summed E-state index contributed by atoms with van der Waals surface area (Å²) in [5.74, 6) is -0.205. The summed E-state index contributed by atoms with van der Waals surface area (Å²) in [5, 5.41) is 11.6. The normalized spacial score (nSPS) is 10.8. The highest BCUT2D eigenvalue weighted by Gasteiger charge is 2.17. The number of carbonyl (C=O) groups excluding carboxylic acids is 2. The lowest BCUT2D eigenvalue weighted by atomic mass is 10.0. The number of nitrogens with zero attached hydrogens (tertiary/aromatic N) is 2. The van der Waals surface area contributed by atoms with Crippen LogP contribution in [-0.4, -0.2) is 22.2 Å². The highest BCUT2D eigenvalue weighted by Crippen LogP contribution is 2.10. The number of amides is 1. The van der Waals surface area contributed by atoms with Crippen LogP contribution in [0.3, 0.4) is 0 Å². The summed E-state index contributed by atoms with van der Waals surface area (Å²) in [6, 6.07) is 13.0. The largest absolute Gasteiger partial charge is 0.346 e. The Balaban J connectivity index is 2.03. The van der Waals surface area contributed by atoms with E-state index in [0.717, 1.165) is 16.7 Å². The summed E-state index contributed by atoms with van der Waals surface area (Å²) in [6.45, 7) is 5.70. The van der Waals surface area contributed by atoms with Gasteiger partial charge in [0.1, 0.15) is 11.5 Å². The van der Waals surface area contributed by atoms with Gasteiger partial charge in [-0.05, 0) is 49.6 Å². The molecule has 0 spiro atoms. The molecule has 0 saturated heterocycles. The molecule has 1 N–H and O–H groups in total. The first-order chi connectivity index (χ1) is 12.3. The van der Waals surface area contributed by atoms with Crippen LogP contribution >= 0.6 is 0 Å². The highest BCUT2D eigenvalue weighted by molar-refractivity contribution is 5.93. The van der Waals surface area contributed by atoms with E-state index in [1.165, 1.54) is 0 Å². The molecule has 5 heteroatoms. The zero-order valence-corrected chi connectivity index (χ0v) is 15.4. The topological polar surface area (TPSA) is 82.9 Å². The molecule has 26 heavy (non-hydrogen) atoms. The van der Waals surface area contributed by atoms with Crippen LogP contribution in [0.2, 0.25) is 0 Å². The molecule has 0 atom stereocenters. The number of ketones is 1. The molecule has 1 aromatic heterocycles. The fraction of sp³-hybridized carbons (Fsp3) is 0.333. The number of nitrogens with one attached hydrogen (secondary N) is 1. The van der Waals surface area contributed by atoms with Gasteiger partial charge in [0.25, 0.3) is 5.91 Å². The molecule has 0 saturated carbocycles. The van der Waals surface area contributed by atoms with E-state index in [1.807, 2.05) is 45.0 Å². The zero-order chi connectivity index (χ0) is 19.2. The Kier molecular flexibility index (Phi) is 6.24. The Labute approximate surface area is 154 Å². The average Bonchev–Trinajstić information content (AvgIpc) is 2.54. The first kappa shape index (κ1) is 19.3. The maximum absolute atomic E-state index is 12.4. The fourth-order valence-corrected chi connectivity index (χ4v) is 2.57. The van der Waals surface area contributed by atoms with Gasteiger partial charge in [0, 0.05) is 24.6 Å². The van der Waals surface area contributed by atoms with E-state index in [1.54, 1.807) is 18.3 Å². The van der Waals surface area contributed by atoms with Crippen molar-refractivity contribution in [2.24, 2.45) is 0 Å². The maximum Gasteiger partial charge on any atom is 0.270 e. The van der Waals surface area contributed by atoms with E-state index in [-0.39, 0.29) is 23.7 Å². The molecule has 2 rings (SSSR count). The number of hydrogen-bond acceptors (Lipinski definition) is 4. The van der Waals surface area contributed by atoms with Crippen LogP contribution in [0.1, 0.15) is 48.0 Å². The Morgan fingerprint density at radius 1 is 1.08 bits per heavy atom. The van der Waals surface area contributed by atoms with Gasteiger partial charge in [-0.15, -0.1) is 0 Å². The maximum atomic E-state index is 12.4. The molecule has 0 unspecified atom stereocenters. The monoisotopic (exact) mass is 349 g/mol. The van der Waals surface area contributed by atoms with Gasteiger partial charge >= 0.3 is 0 Å². The molecular formula is C21H23N3O2. The third-order valence-corrected chi connectivity index (χ3v) is 3.62. The fourth-order valence-electron chi connectivity index (χ4n) is 2.57. The summed E-state index contributed by atoms with van der Waals surface area (Å²) >= 11 is 0. The minimum absolute atomic E-state index is 0.0486. The van der Waals surface area contributed by atoms with Gasteiger partial charge in [-0.25, -0.2) is 0 Å². The molecule has 1 heterocycles. The summed E-state index contributed by atoms with van der Waals surface area (Å²) in [4.78, 5) is 28.7. The van der Waals surface area contributed by atoms with Gasteiger partial charge in [0.15, 0.2) is 0 Å². The van der Waals surface area contributed by atoms with Crippen LogP contribution in [0.25, 0.3) is 0 Å². The Morgan fingerprint density at radius 2 is 1.73 bits per heavy atom. The quantitative estimate of drug-likeness (QED) is 0.869. The molecule has 1 amide bonds. The molecule has 5 nitrogen and oxygen atoms in total. The summed E-state index contributed by atoms with van der Waals surface area (Å²) < 4.78 is 0. The second-order valence-corrected chi connectivity index (χ2v) is 7.30. The van der Waals surface area contributed by atoms with E-state index < -0.39 is 0 Å². The number of rotatable bonds is 6. The van der Waals surface area contributed by atoms with Crippen molar-refractivity contribution in [1.29, 1.82) is 5.26 Å². The number of Topliss-reactive ketones (excluding diaryl/α,β-unsaturated/α-hetero) is 1. The third-order valence-electron chi connectivity index (χ3n) is 3.62. The molecular weight excluding hydrogens is 326 g/mol. The van der Waals surface area contributed by atoms with Crippen molar-refractivity contribution in [3.63, 3.8) is 0 Å². The minimum Gasteiger partial charge on any atom is -0.346 e. The number of pyridine rings is 1. The predicted octanol–water partition coefficient (Wildman–Crippen LogP) is 3.03. The number of nitriles is 1. The number of aromatic nitrogens is 1. The van der Waals surface area contributed by atoms with Crippen LogP contribution in [0, 0.1) is 11.3 Å². The van der Waals surface area contributed by atoms with E-state index in [0.29, 0.717) is 18.5 Å². The minimum atomic E-state index is -0.348. The SMILES string of the molecule is CC(C)(C)NC(=O)c1cc(CC(=O)Cc2cccc(CC#N)c2)ccn1. The lowest BCUT2D eigenvalue weighted by Crippen LogP contribution is -2.40. The number of benzene rings is 1. The van der Waals surface area contributed by atoms with Crippen molar-refractivity contribution in [1.82, 2.24) is 10.3 Å². The van der Waals surface area contributed by atoms with Gasteiger partial charge in [0.2, 0.25) is 0 Å². The first-order valence-corrected chi connectivity index (χ1v) is 8.51. The Bertz CT molecular complexity index is 845. The molecule has 0 aliphatic rings. The van der Waals surface area contributed by atoms with Crippen LogP contribution in [0.15, 0.2) is 42.6 Å². The van der Waals surface area contributed by atoms with Gasteiger partial charge in [-0.2, -0.15) is 5.26 Å². The third kappa shape index (κ3) is 6.14. The first-order valence-electron chi connectivity index (χ1n) is 8.51. The summed E-state index contributed by atoms with van der Waals surface area (Å²) in [7, 11) is 0. The van der Waals surface area contributed by atoms with Crippen molar-refractivity contribution >= 4 is 11.7 Å². The molecule has 0 aliphatic carbocycles. The molecule has 2 aromatic rings. The van der Waals surface area contributed by atoms with E-state index in [2.05, 4.69) is 16.4 Å². The van der Waals surface area contributed by atoms with Crippen molar-refractivity contribution in [2.45, 2.75) is 45.6 Å². The van der Waals surface area contributed by atoms with Crippen molar-refractivity contribution < 1.29 is 9.59 Å². The molecule has 134 valence electrons. The van der Waals surface area contributed by atoms with Crippen LogP contribution < -0.4 is 5.32 Å². The average molecular weight is 349 g/mol. The smallest absolute Gasteiger partial charge is 0.270 e. The van der Waals surface area contributed by atoms with Crippen molar-refractivity contribution in [3.8, 4) is 6.07 Å². The van der Waals surface area contributed by atoms with Gasteiger partial charge in [0.05, 0.1) is 12.5 Å². The molecule has 0 radical (unpaired) electrons. The van der Waals surface area contributed by atoms with E-state index in [9.17, 15) is 9.59 Å². The van der Waals surface area contributed by atoms with Crippen molar-refractivity contribution in [3.05, 3.63) is 65.0 Å². The number of carbonyl (C=O) groups is 2. The second kappa shape index (κ2) is 8.39. The standard InChI is InChI=1S/C21H23N3O2/c1-21(2,3)24-20(26)19-14-17(8-10-23-19)13-18(25)12-16-6-4-5-15(11-16)7-9-22/h4-6,8,10-11,14H,7,12-13H2,1-3H3,(H,24,26). The van der Waals surface area contributed by atoms with Gasteiger partial charge < -0.3 is 5.32 Å². The van der Waals surface area contributed by atoms with Crippen LogP contribution in [0.5, 0.6) is 0 Å². The molecule has 0 bridgehead atoms. The lowest BCUT2D eigenvalue weighted by molar-refractivity contribution is -0.117. The van der Waals surface area contributed by atoms with E-state index >= 15 is 0 Å². The van der Waals surface area contributed by atoms with Crippen molar-refractivity contribution in [2.75, 3.05) is 0 Å². The lowest BCUT2D eigenvalue weighted by Gasteiger charge is -2.20. The Morgan fingerprint density at radius 3 is 2.38 bits per heavy atom. The molecule has 1 aromatic carbocycles.